The van der Waals surface area contributed by atoms with Crippen LogP contribution in [0.2, 0.25) is 0 Å². The standard InChI is InChI=1S/C14H16BrN3O/c1-9(2)13-3-10(6-16)4-14(18-13)19-12-5-11(15)7-17-8-12/h3-5,7-9H,6,16H2,1-2H3. The average molecular weight is 322 g/mol. The van der Waals surface area contributed by atoms with Gasteiger partial charge in [0, 0.05) is 29.0 Å². The summed E-state index contributed by atoms with van der Waals surface area (Å²) in [6, 6.07) is 5.71. The van der Waals surface area contributed by atoms with Crippen molar-refractivity contribution in [1.82, 2.24) is 9.97 Å². The third-order valence-corrected chi connectivity index (χ3v) is 3.04. The molecule has 0 aromatic carbocycles. The number of hydrogen-bond donors (Lipinski definition) is 1. The van der Waals surface area contributed by atoms with Gasteiger partial charge in [-0.2, -0.15) is 0 Å². The van der Waals surface area contributed by atoms with Gasteiger partial charge < -0.3 is 10.5 Å². The molecule has 0 radical (unpaired) electrons. The molecule has 2 heterocycles. The molecule has 0 unspecified atom stereocenters. The van der Waals surface area contributed by atoms with Crippen LogP contribution in [-0.2, 0) is 6.54 Å². The van der Waals surface area contributed by atoms with Gasteiger partial charge in [-0.25, -0.2) is 4.98 Å². The molecule has 0 spiro atoms. The van der Waals surface area contributed by atoms with Crippen LogP contribution >= 0.6 is 15.9 Å². The van der Waals surface area contributed by atoms with Crippen LogP contribution in [0.3, 0.4) is 0 Å². The topological polar surface area (TPSA) is 61.0 Å². The van der Waals surface area contributed by atoms with E-state index in [1.807, 2.05) is 18.2 Å². The van der Waals surface area contributed by atoms with Gasteiger partial charge in [-0.15, -0.1) is 0 Å². The Morgan fingerprint density at radius 1 is 1.26 bits per heavy atom. The van der Waals surface area contributed by atoms with E-state index in [-0.39, 0.29) is 0 Å². The van der Waals surface area contributed by atoms with Crippen molar-refractivity contribution in [1.29, 1.82) is 0 Å². The van der Waals surface area contributed by atoms with Crippen molar-refractivity contribution < 1.29 is 4.74 Å². The van der Waals surface area contributed by atoms with Crippen LogP contribution in [0.1, 0.15) is 31.0 Å². The second-order valence-electron chi connectivity index (χ2n) is 4.54. The Balaban J connectivity index is 2.31. The summed E-state index contributed by atoms with van der Waals surface area (Å²) in [5.41, 5.74) is 7.69. The molecule has 0 fully saturated rings. The smallest absolute Gasteiger partial charge is 0.219 e. The number of hydrogen-bond acceptors (Lipinski definition) is 4. The number of halogens is 1. The number of nitrogens with zero attached hydrogens (tertiary/aromatic N) is 2. The van der Waals surface area contributed by atoms with Crippen molar-refractivity contribution >= 4 is 15.9 Å². The first-order valence-corrected chi connectivity index (χ1v) is 6.87. The predicted octanol–water partition coefficient (Wildman–Crippen LogP) is 3.61. The second kappa shape index (κ2) is 6.12. The van der Waals surface area contributed by atoms with E-state index < -0.39 is 0 Å². The van der Waals surface area contributed by atoms with Crippen molar-refractivity contribution in [2.75, 3.05) is 0 Å². The molecular weight excluding hydrogens is 306 g/mol. The third-order valence-electron chi connectivity index (χ3n) is 2.61. The first-order chi connectivity index (χ1) is 9.08. The maximum Gasteiger partial charge on any atom is 0.219 e. The van der Waals surface area contributed by atoms with Crippen molar-refractivity contribution in [3.8, 4) is 11.6 Å². The highest BCUT2D eigenvalue weighted by molar-refractivity contribution is 9.10. The van der Waals surface area contributed by atoms with E-state index >= 15 is 0 Å². The molecular formula is C14H16BrN3O. The van der Waals surface area contributed by atoms with E-state index in [4.69, 9.17) is 10.5 Å². The SMILES string of the molecule is CC(C)c1cc(CN)cc(Oc2cncc(Br)c2)n1. The van der Waals surface area contributed by atoms with Gasteiger partial charge in [0.15, 0.2) is 0 Å². The number of rotatable bonds is 4. The Labute approximate surface area is 121 Å². The third kappa shape index (κ3) is 3.75. The van der Waals surface area contributed by atoms with Gasteiger partial charge >= 0.3 is 0 Å². The molecule has 0 atom stereocenters. The molecule has 5 heteroatoms. The zero-order valence-corrected chi connectivity index (χ0v) is 12.5. The molecule has 0 aliphatic rings. The fourth-order valence-electron chi connectivity index (χ4n) is 1.62. The maximum atomic E-state index is 5.73. The largest absolute Gasteiger partial charge is 0.437 e. The number of pyridine rings is 2. The van der Waals surface area contributed by atoms with Gasteiger partial charge in [0.1, 0.15) is 5.75 Å². The van der Waals surface area contributed by atoms with Gasteiger partial charge in [-0.3, -0.25) is 4.98 Å². The summed E-state index contributed by atoms with van der Waals surface area (Å²) in [5.74, 6) is 1.52. The van der Waals surface area contributed by atoms with Crippen LogP contribution < -0.4 is 10.5 Å². The van der Waals surface area contributed by atoms with Gasteiger partial charge in [-0.05, 0) is 39.5 Å². The van der Waals surface area contributed by atoms with Crippen LogP contribution in [0.5, 0.6) is 11.6 Å². The average Bonchev–Trinajstić information content (AvgIpc) is 2.38. The van der Waals surface area contributed by atoms with Gasteiger partial charge in [0.05, 0.1) is 6.20 Å². The molecule has 2 rings (SSSR count). The normalized spacial score (nSPS) is 10.8. The summed E-state index contributed by atoms with van der Waals surface area (Å²) in [7, 11) is 0. The quantitative estimate of drug-likeness (QED) is 0.934. The van der Waals surface area contributed by atoms with E-state index in [0.29, 0.717) is 24.1 Å². The van der Waals surface area contributed by atoms with Crippen LogP contribution in [0.25, 0.3) is 0 Å². The minimum atomic E-state index is 0.328. The molecule has 100 valence electrons. The van der Waals surface area contributed by atoms with E-state index in [2.05, 4.69) is 39.7 Å². The lowest BCUT2D eigenvalue weighted by molar-refractivity contribution is 0.456. The van der Waals surface area contributed by atoms with E-state index in [1.165, 1.54) is 0 Å². The maximum absolute atomic E-state index is 5.73. The molecule has 0 bridgehead atoms. The summed E-state index contributed by atoms with van der Waals surface area (Å²) in [6.45, 7) is 4.65. The summed E-state index contributed by atoms with van der Waals surface area (Å²) in [4.78, 5) is 8.54. The zero-order chi connectivity index (χ0) is 13.8. The Bertz CT molecular complexity index is 572. The molecule has 19 heavy (non-hydrogen) atoms. The van der Waals surface area contributed by atoms with Gasteiger partial charge in [-0.1, -0.05) is 13.8 Å². The summed E-state index contributed by atoms with van der Waals surface area (Å²) >= 11 is 3.36. The lowest BCUT2D eigenvalue weighted by Crippen LogP contribution is -2.02. The summed E-state index contributed by atoms with van der Waals surface area (Å²) in [5, 5.41) is 0. The first-order valence-electron chi connectivity index (χ1n) is 6.08. The van der Waals surface area contributed by atoms with Crippen molar-refractivity contribution in [2.45, 2.75) is 26.3 Å². The van der Waals surface area contributed by atoms with Gasteiger partial charge in [0.25, 0.3) is 0 Å². The highest BCUT2D eigenvalue weighted by Gasteiger charge is 2.07. The molecule has 0 saturated carbocycles. The van der Waals surface area contributed by atoms with Crippen molar-refractivity contribution in [2.24, 2.45) is 5.73 Å². The van der Waals surface area contributed by atoms with Crippen molar-refractivity contribution in [3.63, 3.8) is 0 Å². The van der Waals surface area contributed by atoms with Crippen LogP contribution in [0, 0.1) is 0 Å². The fourth-order valence-corrected chi connectivity index (χ4v) is 1.96. The molecule has 0 amide bonds. The minimum absolute atomic E-state index is 0.328. The Morgan fingerprint density at radius 2 is 2.05 bits per heavy atom. The second-order valence-corrected chi connectivity index (χ2v) is 5.45. The fraction of sp³-hybridized carbons (Fsp3) is 0.286. The summed E-state index contributed by atoms with van der Waals surface area (Å²) in [6.07, 6.45) is 3.35. The Kier molecular flexibility index (Phi) is 4.50. The lowest BCUT2D eigenvalue weighted by atomic mass is 10.1. The molecule has 0 aliphatic heterocycles. The van der Waals surface area contributed by atoms with Crippen LogP contribution in [0.15, 0.2) is 35.1 Å². The number of nitrogens with two attached hydrogens (primary N) is 1. The highest BCUT2D eigenvalue weighted by atomic mass is 79.9. The molecule has 4 nitrogen and oxygen atoms in total. The Hall–Kier alpha value is -1.46. The minimum Gasteiger partial charge on any atom is -0.437 e. The molecule has 0 saturated heterocycles. The molecule has 0 aliphatic carbocycles. The molecule has 2 N–H and O–H groups in total. The van der Waals surface area contributed by atoms with Crippen molar-refractivity contribution in [3.05, 3.63) is 46.3 Å². The molecule has 2 aromatic heterocycles. The zero-order valence-electron chi connectivity index (χ0n) is 10.9. The predicted molar refractivity (Wildman–Crippen MR) is 78.2 cm³/mol. The molecule has 2 aromatic rings. The monoisotopic (exact) mass is 321 g/mol. The van der Waals surface area contributed by atoms with Crippen LogP contribution in [0.4, 0.5) is 0 Å². The first kappa shape index (κ1) is 14.0. The van der Waals surface area contributed by atoms with E-state index in [0.717, 1.165) is 15.7 Å². The highest BCUT2D eigenvalue weighted by Crippen LogP contribution is 2.25. The van der Waals surface area contributed by atoms with E-state index in [1.54, 1.807) is 12.4 Å². The number of ether oxygens (including phenoxy) is 1. The Morgan fingerprint density at radius 3 is 2.68 bits per heavy atom. The van der Waals surface area contributed by atoms with Crippen LogP contribution in [-0.4, -0.2) is 9.97 Å². The van der Waals surface area contributed by atoms with Gasteiger partial charge in [0.2, 0.25) is 5.88 Å². The lowest BCUT2D eigenvalue weighted by Gasteiger charge is -2.11. The summed E-state index contributed by atoms with van der Waals surface area (Å²) < 4.78 is 6.60. The number of aromatic nitrogens is 2. The van der Waals surface area contributed by atoms with E-state index in [9.17, 15) is 0 Å².